The average molecular weight is 807 g/mol. The first-order valence-corrected chi connectivity index (χ1v) is 24.8. The van der Waals surface area contributed by atoms with E-state index in [-0.39, 0.29) is 51.2 Å². The van der Waals surface area contributed by atoms with Crippen molar-refractivity contribution >= 4 is 41.4 Å². The van der Waals surface area contributed by atoms with E-state index in [9.17, 15) is 13.2 Å². The molecule has 3 aliphatic carbocycles. The Morgan fingerprint density at radius 1 is 1.09 bits per heavy atom. The van der Waals surface area contributed by atoms with E-state index in [4.69, 9.17) is 25.5 Å². The van der Waals surface area contributed by atoms with Crippen LogP contribution in [-0.4, -0.2) is 71.3 Å². The number of aryl methyl sites for hydroxylation is 1. The number of sulfone groups is 1. The van der Waals surface area contributed by atoms with Crippen LogP contribution in [0.4, 0.5) is 5.69 Å². The molecule has 0 radical (unpaired) electrons. The largest absolute Gasteiger partial charge is 0.490 e. The third-order valence-electron chi connectivity index (χ3n) is 13.3. The molecule has 0 amide bonds. The summed E-state index contributed by atoms with van der Waals surface area (Å²) in [7, 11) is -4.35. The molecule has 2 saturated carbocycles. The number of methoxy groups -OCH3 is 1. The van der Waals surface area contributed by atoms with E-state index in [1.807, 2.05) is 18.2 Å². The highest BCUT2D eigenvalue weighted by atomic mass is 35.5. The third kappa shape index (κ3) is 8.27. The molecule has 55 heavy (non-hydrogen) atoms. The summed E-state index contributed by atoms with van der Waals surface area (Å²) in [6.45, 7) is 13.6. The van der Waals surface area contributed by atoms with Crippen molar-refractivity contribution in [3.05, 3.63) is 88.7 Å². The third-order valence-corrected chi connectivity index (χ3v) is 19.7. The van der Waals surface area contributed by atoms with Gasteiger partial charge < -0.3 is 18.8 Å². The van der Waals surface area contributed by atoms with Crippen molar-refractivity contribution in [3.8, 4) is 5.75 Å². The molecule has 7 rings (SSSR count). The normalized spacial score (nSPS) is 25.9. The predicted octanol–water partition coefficient (Wildman–Crippen LogP) is 8.86. The van der Waals surface area contributed by atoms with Crippen LogP contribution in [0, 0.1) is 23.7 Å². The van der Waals surface area contributed by atoms with Crippen molar-refractivity contribution in [3.63, 3.8) is 0 Å². The Morgan fingerprint density at radius 3 is 2.53 bits per heavy atom. The van der Waals surface area contributed by atoms with Crippen LogP contribution >= 0.6 is 11.6 Å². The topological polar surface area (TPSA) is 108 Å². The second kappa shape index (κ2) is 15.6. The highest BCUT2D eigenvalue weighted by Gasteiger charge is 2.47. The van der Waals surface area contributed by atoms with Crippen LogP contribution in [0.25, 0.3) is 0 Å². The molecular weight excluding hydrogens is 750 g/mol. The molecule has 2 aromatic carbocycles. The monoisotopic (exact) mass is 805 g/mol. The molecule has 6 atom stereocenters. The zero-order valence-electron chi connectivity index (χ0n) is 33.1. The van der Waals surface area contributed by atoms with Crippen molar-refractivity contribution in [2.24, 2.45) is 23.7 Å². The number of rotatable bonds is 11. The molecule has 0 bridgehead atoms. The number of aromatic nitrogens is 2. The average Bonchev–Trinajstić information content (AvgIpc) is 3.28. The number of carbonyl (C=O) groups excluding carboxylic acids is 1. The lowest BCUT2D eigenvalue weighted by atomic mass is 9.68. The number of hydrogen-bond acceptors (Lipinski definition) is 9. The van der Waals surface area contributed by atoms with Crippen LogP contribution in [-0.2, 0) is 30.8 Å². The Morgan fingerprint density at radius 2 is 1.85 bits per heavy atom. The standard InChI is InChI=1S/C43H56ClN3O6SSi/c1-42(2,3)55(5,6)53-38(18-13-29-10-11-33(29)26-54(49,50)41-45-21-8-22-46-41)35-16-12-32(35)25-47-27-43(20-7-9-30-23-34(44)15-17-36(30)43)28-52-39-19-14-31(24-37(39)47)40(48)51-4/h8,13-15,17-19,21-24,29,32-33,35,38H,7,9-12,16,20,25-28H2,1-6H3/b18-13-/t29-,32+,33-,35-,38+,43+/m1/s1. The zero-order valence-corrected chi connectivity index (χ0v) is 35.7. The number of halogens is 1. The van der Waals surface area contributed by atoms with Gasteiger partial charge in [0.25, 0.3) is 0 Å². The zero-order chi connectivity index (χ0) is 39.2. The van der Waals surface area contributed by atoms with Gasteiger partial charge in [0.05, 0.1) is 36.8 Å². The number of fused-ring (bicyclic) bond motifs is 3. The van der Waals surface area contributed by atoms with Gasteiger partial charge in [-0.05, 0) is 134 Å². The van der Waals surface area contributed by atoms with Crippen LogP contribution < -0.4 is 9.64 Å². The smallest absolute Gasteiger partial charge is 0.337 e. The second-order valence-electron chi connectivity index (χ2n) is 17.8. The van der Waals surface area contributed by atoms with Gasteiger partial charge in [-0.2, -0.15) is 0 Å². The van der Waals surface area contributed by atoms with Crippen LogP contribution in [0.3, 0.4) is 0 Å². The van der Waals surface area contributed by atoms with Crippen molar-refractivity contribution in [1.29, 1.82) is 0 Å². The number of carbonyl (C=O) groups is 1. The quantitative estimate of drug-likeness (QED) is 0.0813. The summed E-state index contributed by atoms with van der Waals surface area (Å²) in [5.74, 6) is 1.27. The second-order valence-corrected chi connectivity index (χ2v) is 24.9. The SMILES string of the molecule is COC(=O)c1ccc2c(c1)N(C[C@@H]1CC[C@H]1[C@H](/C=C\[C@H]1CC[C@@H]1CS(=O)(=O)c1ncccn1)O[Si](C)(C)C(C)(C)C)C[C@@]1(CCCc3cc(Cl)ccc31)CO2. The summed E-state index contributed by atoms with van der Waals surface area (Å²) < 4.78 is 45.5. The fraction of sp³-hybridized carbons (Fsp3) is 0.558. The van der Waals surface area contributed by atoms with Gasteiger partial charge in [0.15, 0.2) is 8.32 Å². The molecule has 1 aliphatic heterocycles. The Labute approximate surface area is 333 Å². The lowest BCUT2D eigenvalue weighted by Gasteiger charge is -2.48. The fourth-order valence-corrected chi connectivity index (χ4v) is 11.8. The number of allylic oxidation sites excluding steroid dienone is 1. The molecule has 0 N–H and O–H groups in total. The maximum absolute atomic E-state index is 13.2. The molecule has 1 spiro atoms. The minimum atomic E-state index is -3.58. The Kier molecular flexibility index (Phi) is 11.3. The molecule has 296 valence electrons. The van der Waals surface area contributed by atoms with Crippen LogP contribution in [0.5, 0.6) is 5.75 Å². The van der Waals surface area contributed by atoms with Crippen LogP contribution in [0.2, 0.25) is 23.2 Å². The first kappa shape index (κ1) is 40.0. The minimum absolute atomic E-state index is 0.0239. The number of ether oxygens (including phenoxy) is 2. The first-order valence-electron chi connectivity index (χ1n) is 19.8. The van der Waals surface area contributed by atoms with Crippen LogP contribution in [0.1, 0.15) is 80.8 Å². The molecule has 3 aromatic rings. The highest BCUT2D eigenvalue weighted by Crippen LogP contribution is 2.49. The Balaban J connectivity index is 1.17. The van der Waals surface area contributed by atoms with E-state index in [2.05, 4.69) is 73.0 Å². The number of benzene rings is 2. The molecule has 9 nitrogen and oxygen atoms in total. The number of hydrogen-bond donors (Lipinski definition) is 0. The van der Waals surface area contributed by atoms with Crippen molar-refractivity contribution in [1.82, 2.24) is 9.97 Å². The molecule has 12 heteroatoms. The van der Waals surface area contributed by atoms with Gasteiger partial charge in [0.2, 0.25) is 15.0 Å². The minimum Gasteiger partial charge on any atom is -0.490 e. The van der Waals surface area contributed by atoms with Gasteiger partial charge in [-0.25, -0.2) is 23.2 Å². The summed E-state index contributed by atoms with van der Waals surface area (Å²) in [5, 5.41) is 0.685. The van der Waals surface area contributed by atoms with Gasteiger partial charge in [-0.15, -0.1) is 0 Å². The summed E-state index contributed by atoms with van der Waals surface area (Å²) in [6, 6.07) is 13.6. The summed E-state index contributed by atoms with van der Waals surface area (Å²) in [5.41, 5.74) is 3.78. The van der Waals surface area contributed by atoms with E-state index in [0.29, 0.717) is 18.1 Å². The number of anilines is 1. The Bertz CT molecular complexity index is 2020. The van der Waals surface area contributed by atoms with Crippen molar-refractivity contribution < 1.29 is 27.1 Å². The maximum Gasteiger partial charge on any atom is 0.337 e. The van der Waals surface area contributed by atoms with E-state index in [1.165, 1.54) is 30.6 Å². The van der Waals surface area contributed by atoms with Crippen LogP contribution in [0.15, 0.2) is 72.2 Å². The fourth-order valence-electron chi connectivity index (χ4n) is 8.79. The summed E-state index contributed by atoms with van der Waals surface area (Å²) >= 11 is 6.50. The Hall–Kier alpha value is -3.25. The van der Waals surface area contributed by atoms with E-state index >= 15 is 0 Å². The summed E-state index contributed by atoms with van der Waals surface area (Å²) in [6.07, 6.45) is 14.4. The van der Waals surface area contributed by atoms with Gasteiger partial charge in [0.1, 0.15) is 5.75 Å². The van der Waals surface area contributed by atoms with E-state index < -0.39 is 18.2 Å². The molecule has 2 fully saturated rings. The maximum atomic E-state index is 13.2. The number of nitrogens with zero attached hydrogens (tertiary/aromatic N) is 3. The van der Waals surface area contributed by atoms with E-state index in [1.54, 1.807) is 12.1 Å². The predicted molar refractivity (Wildman–Crippen MR) is 219 cm³/mol. The lowest BCUT2D eigenvalue weighted by molar-refractivity contribution is 0.0519. The molecule has 0 unspecified atom stereocenters. The van der Waals surface area contributed by atoms with Crippen molar-refractivity contribution in [2.45, 2.75) is 101 Å². The molecule has 1 aromatic heterocycles. The molecule has 2 heterocycles. The van der Waals surface area contributed by atoms with Gasteiger partial charge in [-0.3, -0.25) is 0 Å². The lowest BCUT2D eigenvalue weighted by Crippen LogP contribution is -2.52. The summed E-state index contributed by atoms with van der Waals surface area (Å²) in [4.78, 5) is 23.3. The van der Waals surface area contributed by atoms with Gasteiger partial charge >= 0.3 is 5.97 Å². The highest BCUT2D eigenvalue weighted by molar-refractivity contribution is 7.91. The van der Waals surface area contributed by atoms with Gasteiger partial charge in [-0.1, -0.05) is 50.6 Å². The number of esters is 1. The van der Waals surface area contributed by atoms with E-state index in [0.717, 1.165) is 74.5 Å². The molecule has 4 aliphatic rings. The van der Waals surface area contributed by atoms with Gasteiger partial charge in [0, 0.05) is 35.9 Å². The van der Waals surface area contributed by atoms with Crippen molar-refractivity contribution in [2.75, 3.05) is 37.5 Å². The first-order chi connectivity index (χ1) is 26.1. The molecule has 0 saturated heterocycles. The molecular formula is C43H56ClN3O6SSi.